The van der Waals surface area contributed by atoms with Crippen molar-refractivity contribution < 1.29 is 19.0 Å². The molecule has 24 heavy (non-hydrogen) atoms. The summed E-state index contributed by atoms with van der Waals surface area (Å²) in [4.78, 5) is 0. The number of ether oxygens (including phenoxy) is 2. The molecule has 0 saturated carbocycles. The van der Waals surface area contributed by atoms with Crippen LogP contribution in [0, 0.1) is 5.41 Å². The summed E-state index contributed by atoms with van der Waals surface area (Å²) in [5.74, 6) is 0.692. The number of hydrogen-bond donors (Lipinski definition) is 1. The van der Waals surface area contributed by atoms with Gasteiger partial charge in [0.15, 0.2) is 0 Å². The van der Waals surface area contributed by atoms with Crippen molar-refractivity contribution in [2.75, 3.05) is 13.7 Å². The van der Waals surface area contributed by atoms with Gasteiger partial charge in [0.1, 0.15) is 22.9 Å². The molecule has 1 aromatic rings. The molecule has 132 valence electrons. The summed E-state index contributed by atoms with van der Waals surface area (Å²) in [6.07, 6.45) is 2.12. The van der Waals surface area contributed by atoms with Crippen molar-refractivity contribution in [3.05, 3.63) is 35.2 Å². The van der Waals surface area contributed by atoms with Gasteiger partial charge in [-0.15, -0.1) is 0 Å². The van der Waals surface area contributed by atoms with Crippen LogP contribution in [0.4, 0.5) is 4.39 Å². The zero-order valence-electron chi connectivity index (χ0n) is 15.6. The number of halogens is 1. The monoisotopic (exact) mass is 334 g/mol. The van der Waals surface area contributed by atoms with E-state index < -0.39 is 18.0 Å². The van der Waals surface area contributed by atoms with Crippen molar-refractivity contribution >= 4 is 11.1 Å². The second kappa shape index (κ2) is 6.25. The van der Waals surface area contributed by atoms with Crippen LogP contribution in [0.25, 0.3) is 11.1 Å². The van der Waals surface area contributed by atoms with Crippen molar-refractivity contribution in [1.82, 2.24) is 0 Å². The van der Waals surface area contributed by atoms with E-state index in [1.165, 1.54) is 0 Å². The first kappa shape index (κ1) is 18.5. The quantitative estimate of drug-likeness (QED) is 0.846. The lowest BCUT2D eigenvalue weighted by Gasteiger charge is -2.36. The Hall–Kier alpha value is -1.81. The zero-order valence-corrected chi connectivity index (χ0v) is 15.6. The summed E-state index contributed by atoms with van der Waals surface area (Å²) < 4.78 is 25.5. The molecule has 0 saturated heterocycles. The van der Waals surface area contributed by atoms with Gasteiger partial charge in [-0.2, -0.15) is 0 Å². The molecule has 3 nitrogen and oxygen atoms in total. The van der Waals surface area contributed by atoms with Gasteiger partial charge >= 0.3 is 0 Å². The fourth-order valence-corrected chi connectivity index (χ4v) is 2.94. The van der Waals surface area contributed by atoms with Crippen molar-refractivity contribution in [2.45, 2.75) is 47.1 Å². The van der Waals surface area contributed by atoms with Gasteiger partial charge in [-0.05, 0) is 49.5 Å². The minimum atomic E-state index is -0.627. The highest BCUT2D eigenvalue weighted by Crippen LogP contribution is 2.47. The smallest absolute Gasteiger partial charge is 0.131 e. The molecule has 0 aliphatic carbocycles. The number of benzene rings is 1. The van der Waals surface area contributed by atoms with Crippen LogP contribution >= 0.6 is 0 Å². The summed E-state index contributed by atoms with van der Waals surface area (Å²) in [5, 5.41) is 9.11. The Morgan fingerprint density at radius 3 is 2.42 bits per heavy atom. The molecule has 1 heterocycles. The predicted octanol–water partition coefficient (Wildman–Crippen LogP) is 4.99. The van der Waals surface area contributed by atoms with E-state index >= 15 is 0 Å². The molecule has 0 bridgehead atoms. The maximum Gasteiger partial charge on any atom is 0.131 e. The number of aliphatic hydroxyl groups excluding tert-OH is 1. The molecule has 4 heteroatoms. The van der Waals surface area contributed by atoms with Gasteiger partial charge in [0.2, 0.25) is 0 Å². The van der Waals surface area contributed by atoms with E-state index in [1.54, 1.807) is 20.1 Å². The Balaban J connectivity index is 2.75. The summed E-state index contributed by atoms with van der Waals surface area (Å²) >= 11 is 0. The fourth-order valence-electron chi connectivity index (χ4n) is 2.94. The highest BCUT2D eigenvalue weighted by Gasteiger charge is 2.33. The van der Waals surface area contributed by atoms with E-state index in [4.69, 9.17) is 14.6 Å². The van der Waals surface area contributed by atoms with E-state index in [1.807, 2.05) is 19.9 Å². The maximum absolute atomic E-state index is 13.9. The van der Waals surface area contributed by atoms with Crippen molar-refractivity contribution in [3.63, 3.8) is 0 Å². The first-order valence-corrected chi connectivity index (χ1v) is 8.11. The Morgan fingerprint density at radius 1 is 1.29 bits per heavy atom. The van der Waals surface area contributed by atoms with Gasteiger partial charge < -0.3 is 14.6 Å². The molecule has 0 spiro atoms. The van der Waals surface area contributed by atoms with E-state index in [0.717, 1.165) is 16.9 Å². The van der Waals surface area contributed by atoms with Gasteiger partial charge in [-0.25, -0.2) is 4.39 Å². The molecule has 0 aromatic heterocycles. The summed E-state index contributed by atoms with van der Waals surface area (Å²) in [5.41, 5.74) is 2.56. The van der Waals surface area contributed by atoms with Gasteiger partial charge in [0.25, 0.3) is 0 Å². The van der Waals surface area contributed by atoms with Crippen LogP contribution in [0.5, 0.6) is 11.5 Å². The van der Waals surface area contributed by atoms with Gasteiger partial charge in [-0.3, -0.25) is 0 Å². The zero-order chi connectivity index (χ0) is 18.3. The number of rotatable bonds is 3. The Kier molecular flexibility index (Phi) is 4.82. The van der Waals surface area contributed by atoms with Crippen LogP contribution < -0.4 is 9.47 Å². The van der Waals surface area contributed by atoms with Gasteiger partial charge in [-0.1, -0.05) is 20.8 Å². The van der Waals surface area contributed by atoms with E-state index in [0.29, 0.717) is 16.9 Å². The summed E-state index contributed by atoms with van der Waals surface area (Å²) in [6.45, 7) is 11.5. The van der Waals surface area contributed by atoms with Crippen molar-refractivity contribution in [1.29, 1.82) is 0 Å². The fraction of sp³-hybridized carbons (Fsp3) is 0.500. The molecular weight excluding hydrogens is 307 g/mol. The van der Waals surface area contributed by atoms with Gasteiger partial charge in [0, 0.05) is 17.2 Å². The largest absolute Gasteiger partial charge is 0.496 e. The van der Waals surface area contributed by atoms with Crippen LogP contribution in [0.1, 0.15) is 52.7 Å². The molecule has 2 rings (SSSR count). The molecule has 1 aliphatic heterocycles. The number of methoxy groups -OCH3 is 1. The lowest BCUT2D eigenvalue weighted by atomic mass is 9.77. The molecular formula is C20H27FO3. The van der Waals surface area contributed by atoms with Crippen LogP contribution in [0.15, 0.2) is 24.0 Å². The van der Waals surface area contributed by atoms with E-state index in [9.17, 15) is 4.39 Å². The molecule has 0 radical (unpaired) electrons. The molecule has 0 amide bonds. The predicted molar refractivity (Wildman–Crippen MR) is 95.9 cm³/mol. The third kappa shape index (κ3) is 3.48. The Labute approximate surface area is 143 Å². The average Bonchev–Trinajstić information content (AvgIpc) is 2.49. The van der Waals surface area contributed by atoms with E-state index in [-0.39, 0.29) is 5.41 Å². The summed E-state index contributed by atoms with van der Waals surface area (Å²) in [6, 6.07) is 3.70. The lowest BCUT2D eigenvalue weighted by Crippen LogP contribution is -2.31. The normalized spacial score (nSPS) is 17.5. The standard InChI is InChI=1S/C20H27FO3/c1-12(16(21)11-22)13-8-14-15(19(2,3)4)10-20(5,6)24-18(14)9-17(13)23-7/h8-10,22H,11H2,1-7H3/b16-12+. The SMILES string of the molecule is COc1cc2c(cc1/C(C)=C(/F)CO)C(C(C)(C)C)=CC(C)(C)O2. The minimum absolute atomic E-state index is 0.0885. The second-order valence-corrected chi connectivity index (χ2v) is 7.75. The number of hydrogen-bond acceptors (Lipinski definition) is 3. The minimum Gasteiger partial charge on any atom is -0.496 e. The van der Waals surface area contributed by atoms with Gasteiger partial charge in [0.05, 0.1) is 13.7 Å². The molecule has 0 unspecified atom stereocenters. The third-order valence-electron chi connectivity index (χ3n) is 4.21. The molecule has 1 N–H and O–H groups in total. The maximum atomic E-state index is 13.9. The molecule has 0 atom stereocenters. The Morgan fingerprint density at radius 2 is 1.92 bits per heavy atom. The van der Waals surface area contributed by atoms with E-state index in [2.05, 4.69) is 26.8 Å². The average molecular weight is 334 g/mol. The molecule has 1 aromatic carbocycles. The number of aliphatic hydroxyl groups is 1. The lowest BCUT2D eigenvalue weighted by molar-refractivity contribution is 0.155. The topological polar surface area (TPSA) is 38.7 Å². The van der Waals surface area contributed by atoms with Crippen LogP contribution in [-0.4, -0.2) is 24.4 Å². The highest BCUT2D eigenvalue weighted by molar-refractivity contribution is 5.82. The molecule has 1 aliphatic rings. The van der Waals surface area contributed by atoms with Crippen LogP contribution in [-0.2, 0) is 0 Å². The summed E-state index contributed by atoms with van der Waals surface area (Å²) in [7, 11) is 1.55. The third-order valence-corrected chi connectivity index (χ3v) is 4.21. The second-order valence-electron chi connectivity index (χ2n) is 7.75. The Bertz CT molecular complexity index is 706. The first-order chi connectivity index (χ1) is 11.0. The number of fused-ring (bicyclic) bond motifs is 1. The van der Waals surface area contributed by atoms with Crippen molar-refractivity contribution in [3.8, 4) is 11.5 Å². The van der Waals surface area contributed by atoms with Crippen LogP contribution in [0.3, 0.4) is 0 Å². The van der Waals surface area contributed by atoms with Crippen LogP contribution in [0.2, 0.25) is 0 Å². The molecule has 0 fully saturated rings. The van der Waals surface area contributed by atoms with Crippen molar-refractivity contribution in [2.24, 2.45) is 5.41 Å². The highest BCUT2D eigenvalue weighted by atomic mass is 19.1. The number of allylic oxidation sites excluding steroid dienone is 2. The first-order valence-electron chi connectivity index (χ1n) is 8.11.